The molecule has 608 valence electrons. The molecule has 7 amide bonds. The number of carbonyl (C=O) groups is 4. The smallest absolute Gasteiger partial charge is 0.417 e. The Kier molecular flexibility index (Phi) is 31.8. The zero-order valence-electron chi connectivity index (χ0n) is 64.2. The normalized spacial score (nSPS) is 11.1. The fraction of sp³-hybridized carbons (Fsp3) is 0.140. The molecule has 0 unspecified atom stereocenters. The van der Waals surface area contributed by atoms with Crippen LogP contribution < -0.4 is 89.9 Å². The van der Waals surface area contributed by atoms with Crippen LogP contribution in [0.5, 0.6) is 74.7 Å². The molecule has 1 aliphatic rings. The number of halogens is 5. The average molecular weight is 1660 g/mol. The topological polar surface area (TPSA) is 304 Å². The lowest BCUT2D eigenvalue weighted by Crippen LogP contribution is -2.39. The Labute approximate surface area is 691 Å². The van der Waals surface area contributed by atoms with Gasteiger partial charge in [0.1, 0.15) is 23.0 Å². The van der Waals surface area contributed by atoms with Crippen molar-refractivity contribution >= 4 is 130 Å². The summed E-state index contributed by atoms with van der Waals surface area (Å²) in [7, 11) is 9.17. The first kappa shape index (κ1) is 86.3. The Morgan fingerprint density at radius 3 is 1.18 bits per heavy atom. The molecule has 0 spiro atoms. The highest BCUT2D eigenvalue weighted by Gasteiger charge is 2.34. The van der Waals surface area contributed by atoms with Gasteiger partial charge in [0, 0.05) is 138 Å². The van der Waals surface area contributed by atoms with Gasteiger partial charge in [-0.3, -0.25) is 25.2 Å². The predicted molar refractivity (Wildman–Crippen MR) is 455 cm³/mol. The molecule has 8 N–H and O–H groups in total. The van der Waals surface area contributed by atoms with Gasteiger partial charge in [-0.1, -0.05) is 108 Å². The molecule has 0 saturated carbocycles. The largest absolute Gasteiger partial charge is 0.493 e. The maximum absolute atomic E-state index is 15.0. The Bertz CT molecular complexity index is 5600. The quantitative estimate of drug-likeness (QED) is 0.0168. The molecule has 3 aromatic heterocycles. The van der Waals surface area contributed by atoms with Crippen LogP contribution in [0.4, 0.5) is 66.5 Å². The first-order chi connectivity index (χ1) is 57.3. The zero-order chi connectivity index (χ0) is 83.9. The summed E-state index contributed by atoms with van der Waals surface area (Å²) in [6.07, 6.45) is 3.93. The van der Waals surface area contributed by atoms with Crippen molar-refractivity contribution in [2.75, 3.05) is 113 Å². The Morgan fingerprint density at radius 2 is 0.788 bits per heavy atom. The highest BCUT2D eigenvalue weighted by molar-refractivity contribution is 7.86. The van der Waals surface area contributed by atoms with Crippen LogP contribution in [0.2, 0.25) is 0 Å². The number of nitrogens with zero attached hydrogens (tertiary/aromatic N) is 5. The molecule has 26 nitrogen and oxygen atoms in total. The summed E-state index contributed by atoms with van der Waals surface area (Å²) in [5, 5.41) is 18.6. The number of aromatic nitrogens is 3. The number of urea groups is 3. The molecular formula is C86H79Cl2F3N12O14S. The number of imide groups is 1. The standard InChI is InChI=1S/C27H23FN4O5.C26H25FN4O4.C24H19FN2O5.C8H12N2.CCl2S/c1-35-24-15-19-21(16-25(24)36-2)29-11-10-22(19)37-23-9-8-17(14-20(23)28)30-26(33)32-13-12-31(27(32)34)18-6-4-3-5-7-18;1-33-24-15-19-21(16-25(24)34-2)29-11-10-22(19)35-23-9-8-18(14-20(23)27)31-26(32)30-13-12-28-17-6-4-3-5-7-17;1-29-22-13-17-19(14-23(22)30-2)26-11-10-20(17)32-21-9-8-15(12-18(21)25)27-24(28)31-16-6-4-3-5-7-16;9-6-7-10-8-4-2-1-3-5-8;2-1(3)4/h3-11,14-16H,12-13H2,1-2H3,(H,30,33);3-11,14-16,28H,12-13H2,1-2H3,(H2,30,31,32);3-14H,1-2H3,(H,27,28);1-5,10H,6-7,9H2;. The number of hydrogen-bond acceptors (Lipinski definition) is 21. The third-order valence-electron chi connectivity index (χ3n) is 16.9. The van der Waals surface area contributed by atoms with Gasteiger partial charge < -0.3 is 79.7 Å². The van der Waals surface area contributed by atoms with Crippen molar-refractivity contribution in [1.29, 1.82) is 0 Å². The van der Waals surface area contributed by atoms with Crippen LogP contribution in [0, 0.1) is 17.5 Å². The van der Waals surface area contributed by atoms with E-state index in [2.05, 4.69) is 59.1 Å². The van der Waals surface area contributed by atoms with Gasteiger partial charge >= 0.3 is 24.2 Å². The predicted octanol–water partition coefficient (Wildman–Crippen LogP) is 19.7. The summed E-state index contributed by atoms with van der Waals surface area (Å²) in [5.74, 6) is 2.53. The van der Waals surface area contributed by atoms with Gasteiger partial charge in [0.25, 0.3) is 0 Å². The summed E-state index contributed by atoms with van der Waals surface area (Å²) in [4.78, 5) is 65.1. The number of hydrogen-bond donors (Lipinski definition) is 7. The number of para-hydroxylation sites is 4. The summed E-state index contributed by atoms with van der Waals surface area (Å²) >= 11 is 13.6. The monoisotopic (exact) mass is 1660 g/mol. The average Bonchev–Trinajstić information content (AvgIpc) is 0.970. The first-order valence-corrected chi connectivity index (χ1v) is 37.1. The third-order valence-corrected chi connectivity index (χ3v) is 16.9. The molecule has 0 aliphatic carbocycles. The molecule has 4 heterocycles. The maximum Gasteiger partial charge on any atom is 0.417 e. The van der Waals surface area contributed by atoms with E-state index in [1.807, 2.05) is 78.9 Å². The molecular weight excluding hydrogens is 1580 g/mol. The SMILES string of the molecule is COc1cc2nccc(Oc3ccc(NC(=O)N4CCN(c5ccccc5)C4=O)cc3F)c2cc1OC.COc1cc2nccc(Oc3ccc(NC(=O)NCCNc4ccccc4)cc3F)c2cc1OC.COc1cc2nccc(Oc3ccc(NC(=O)Oc4ccccc4)cc3F)c2cc1OC.NCCNc1ccccc1.S=C(Cl)Cl. The van der Waals surface area contributed by atoms with E-state index in [0.29, 0.717) is 128 Å². The molecule has 0 radical (unpaired) electrons. The number of fused-ring (bicyclic) bond motifs is 3. The van der Waals surface area contributed by atoms with E-state index in [1.165, 1.54) is 84.0 Å². The van der Waals surface area contributed by atoms with Crippen molar-refractivity contribution in [3.8, 4) is 74.7 Å². The molecule has 13 aromatic rings. The molecule has 1 fully saturated rings. The molecule has 0 atom stereocenters. The van der Waals surface area contributed by atoms with Gasteiger partial charge in [-0.25, -0.2) is 37.2 Å². The molecule has 32 heteroatoms. The van der Waals surface area contributed by atoms with Crippen LogP contribution in [-0.2, 0) is 0 Å². The zero-order valence-corrected chi connectivity index (χ0v) is 66.6. The summed E-state index contributed by atoms with van der Waals surface area (Å²) in [6.45, 7) is 3.04. The van der Waals surface area contributed by atoms with Crippen molar-refractivity contribution in [1.82, 2.24) is 25.2 Å². The van der Waals surface area contributed by atoms with Crippen LogP contribution in [0.15, 0.2) is 249 Å². The molecule has 10 aromatic carbocycles. The lowest BCUT2D eigenvalue weighted by Gasteiger charge is -2.18. The minimum Gasteiger partial charge on any atom is -0.493 e. The number of nitrogens with one attached hydrogen (secondary N) is 6. The Hall–Kier alpha value is -14.1. The van der Waals surface area contributed by atoms with E-state index in [9.17, 15) is 32.3 Å². The number of pyridine rings is 3. The van der Waals surface area contributed by atoms with Gasteiger partial charge in [0.05, 0.1) is 65.8 Å². The minimum atomic E-state index is -0.731. The van der Waals surface area contributed by atoms with Crippen LogP contribution in [0.1, 0.15) is 0 Å². The van der Waals surface area contributed by atoms with E-state index in [4.69, 9.17) is 76.3 Å². The van der Waals surface area contributed by atoms with Crippen molar-refractivity contribution < 1.29 is 79.7 Å². The number of nitrogens with two attached hydrogens (primary N) is 1. The van der Waals surface area contributed by atoms with Gasteiger partial charge in [-0.15, -0.1) is 0 Å². The van der Waals surface area contributed by atoms with Crippen molar-refractivity contribution in [2.24, 2.45) is 5.73 Å². The summed E-state index contributed by atoms with van der Waals surface area (Å²) < 4.78 is 98.9. The second-order valence-electron chi connectivity index (χ2n) is 24.5. The van der Waals surface area contributed by atoms with Crippen molar-refractivity contribution in [3.05, 3.63) is 267 Å². The molecule has 0 bridgehead atoms. The third kappa shape index (κ3) is 24.2. The lowest BCUT2D eigenvalue weighted by molar-refractivity contribution is 0.209. The van der Waals surface area contributed by atoms with Crippen LogP contribution in [-0.4, -0.2) is 130 Å². The second-order valence-corrected chi connectivity index (χ2v) is 26.3. The maximum atomic E-state index is 15.0. The Balaban J connectivity index is 0.000000172. The molecule has 118 heavy (non-hydrogen) atoms. The van der Waals surface area contributed by atoms with Crippen molar-refractivity contribution in [2.45, 2.75) is 0 Å². The number of amides is 7. The number of methoxy groups -OCH3 is 6. The second kappa shape index (κ2) is 43.4. The van der Waals surface area contributed by atoms with Gasteiger partial charge in [0.15, 0.2) is 73.0 Å². The first-order valence-electron chi connectivity index (χ1n) is 35.9. The van der Waals surface area contributed by atoms with Crippen LogP contribution >= 0.6 is 35.4 Å². The number of benzene rings is 10. The van der Waals surface area contributed by atoms with E-state index >= 15 is 0 Å². The molecule has 14 rings (SSSR count). The van der Waals surface area contributed by atoms with Crippen LogP contribution in [0.25, 0.3) is 32.7 Å². The molecule has 1 aliphatic heterocycles. The van der Waals surface area contributed by atoms with E-state index in [1.54, 1.807) is 122 Å². The number of carbonyl (C=O) groups excluding carboxylic acids is 4. The molecule has 1 saturated heterocycles. The van der Waals surface area contributed by atoms with E-state index in [-0.39, 0.29) is 39.0 Å². The van der Waals surface area contributed by atoms with Crippen molar-refractivity contribution in [3.63, 3.8) is 0 Å². The Morgan fingerprint density at radius 1 is 0.424 bits per heavy atom. The summed E-state index contributed by atoms with van der Waals surface area (Å²) in [5.41, 5.74) is 10.6. The number of thiocarbonyl (C=S) groups is 1. The van der Waals surface area contributed by atoms with E-state index in [0.717, 1.165) is 35.0 Å². The minimum absolute atomic E-state index is 0.00491. The van der Waals surface area contributed by atoms with Gasteiger partial charge in [0.2, 0.25) is 0 Å². The van der Waals surface area contributed by atoms with E-state index < -0.39 is 41.6 Å². The fourth-order valence-electron chi connectivity index (χ4n) is 11.3. The number of rotatable bonds is 24. The van der Waals surface area contributed by atoms with Gasteiger partial charge in [-0.05, 0) is 121 Å². The summed E-state index contributed by atoms with van der Waals surface area (Å²) in [6, 6.07) is 63.3. The fourth-order valence-corrected chi connectivity index (χ4v) is 11.3. The van der Waals surface area contributed by atoms with Gasteiger partial charge in [-0.2, -0.15) is 0 Å². The highest BCUT2D eigenvalue weighted by Crippen LogP contribution is 2.42. The highest BCUT2D eigenvalue weighted by atomic mass is 35.5. The lowest BCUT2D eigenvalue weighted by atomic mass is 10.2. The number of anilines is 6. The number of ether oxygens (including phenoxy) is 10. The van der Waals surface area contributed by atoms with Crippen LogP contribution in [0.3, 0.4) is 0 Å².